The molecule has 0 bridgehead atoms. The fourth-order valence-electron chi connectivity index (χ4n) is 5.13. The summed E-state index contributed by atoms with van der Waals surface area (Å²) in [6.07, 6.45) is 0. The number of carbonyl (C=O) groups excluding carboxylic acids is 3. The predicted octanol–water partition coefficient (Wildman–Crippen LogP) is 1.49. The highest BCUT2D eigenvalue weighted by molar-refractivity contribution is 6.31. The van der Waals surface area contributed by atoms with Crippen LogP contribution in [-0.4, -0.2) is 34.2 Å². The number of amides is 3. The van der Waals surface area contributed by atoms with Gasteiger partial charge in [0.05, 0.1) is 5.69 Å². The molecule has 7 heteroatoms. The van der Waals surface area contributed by atoms with E-state index in [-0.39, 0.29) is 29.7 Å². The van der Waals surface area contributed by atoms with Crippen LogP contribution in [0, 0.1) is 17.8 Å². The molecule has 3 aliphatic heterocycles. The Labute approximate surface area is 163 Å². The van der Waals surface area contributed by atoms with E-state index in [1.54, 1.807) is 18.2 Å². The first-order valence-corrected chi connectivity index (χ1v) is 9.73. The molecule has 2 fully saturated rings. The number of likely N-dealkylation sites (tertiary alicyclic amines) is 1. The van der Waals surface area contributed by atoms with Gasteiger partial charge in [-0.05, 0) is 39.0 Å². The van der Waals surface area contributed by atoms with Crippen molar-refractivity contribution in [3.05, 3.63) is 28.8 Å². The minimum absolute atomic E-state index is 0.129. The van der Waals surface area contributed by atoms with E-state index in [1.807, 2.05) is 39.9 Å². The van der Waals surface area contributed by atoms with Crippen molar-refractivity contribution in [1.82, 2.24) is 4.90 Å². The zero-order chi connectivity index (χ0) is 19.9. The van der Waals surface area contributed by atoms with Crippen LogP contribution in [-0.2, 0) is 19.9 Å². The van der Waals surface area contributed by atoms with Crippen LogP contribution in [0.15, 0.2) is 18.2 Å². The zero-order valence-electron chi connectivity index (χ0n) is 16.2. The van der Waals surface area contributed by atoms with Crippen LogP contribution in [0.5, 0.6) is 0 Å². The number of halogens is 1. The summed E-state index contributed by atoms with van der Waals surface area (Å²) < 4.78 is 0. The molecule has 0 radical (unpaired) electrons. The molecule has 27 heavy (non-hydrogen) atoms. The van der Waals surface area contributed by atoms with Crippen LogP contribution in [0.2, 0.25) is 5.02 Å². The van der Waals surface area contributed by atoms with Gasteiger partial charge >= 0.3 is 0 Å². The largest absolute Gasteiger partial charge is 0.326 e. The van der Waals surface area contributed by atoms with E-state index in [0.29, 0.717) is 16.3 Å². The lowest BCUT2D eigenvalue weighted by Crippen LogP contribution is -2.99. The van der Waals surface area contributed by atoms with E-state index in [9.17, 15) is 14.4 Å². The molecule has 0 aliphatic carbocycles. The summed E-state index contributed by atoms with van der Waals surface area (Å²) in [4.78, 5) is 41.4. The maximum Gasteiger partial charge on any atom is 0.291 e. The molecule has 144 valence electrons. The molecule has 0 aromatic heterocycles. The van der Waals surface area contributed by atoms with Gasteiger partial charge in [0.25, 0.3) is 5.91 Å². The third-order valence-electron chi connectivity index (χ3n) is 6.20. The Morgan fingerprint density at radius 3 is 2.44 bits per heavy atom. The Balaban J connectivity index is 1.95. The number of nitrogens with two attached hydrogens (primary N) is 1. The Bertz CT molecular complexity index is 876. The zero-order valence-corrected chi connectivity index (χ0v) is 16.9. The quantitative estimate of drug-likeness (QED) is 0.712. The van der Waals surface area contributed by atoms with Gasteiger partial charge in [0.2, 0.25) is 17.4 Å². The molecule has 3 aliphatic rings. The second kappa shape index (κ2) is 5.55. The normalized spacial score (nSPS) is 32.5. The number of hydrogen-bond donors (Lipinski definition) is 2. The van der Waals surface area contributed by atoms with Gasteiger partial charge < -0.3 is 10.6 Å². The maximum atomic E-state index is 13.5. The van der Waals surface area contributed by atoms with E-state index < -0.39 is 22.9 Å². The van der Waals surface area contributed by atoms with Crippen molar-refractivity contribution in [3.63, 3.8) is 0 Å². The SMILES string of the molecule is CC(C)[C@H]1[NH2+][C@@]2(C(=O)Nc3ccc(Cl)cc32)[C@@H]2C(=O)N(C(C)(C)C)C(=O)[C@H]12. The maximum absolute atomic E-state index is 13.5. The summed E-state index contributed by atoms with van der Waals surface area (Å²) in [5, 5.41) is 5.36. The van der Waals surface area contributed by atoms with Gasteiger partial charge in [0, 0.05) is 22.0 Å². The highest BCUT2D eigenvalue weighted by atomic mass is 35.5. The van der Waals surface area contributed by atoms with Crippen LogP contribution in [0.4, 0.5) is 5.69 Å². The van der Waals surface area contributed by atoms with Crippen molar-refractivity contribution in [1.29, 1.82) is 0 Å². The molecular weight excluding hydrogens is 366 g/mol. The van der Waals surface area contributed by atoms with Crippen molar-refractivity contribution in [2.24, 2.45) is 17.8 Å². The minimum Gasteiger partial charge on any atom is -0.326 e. The van der Waals surface area contributed by atoms with Crippen LogP contribution in [0.25, 0.3) is 0 Å². The van der Waals surface area contributed by atoms with E-state index in [1.165, 1.54) is 4.90 Å². The van der Waals surface area contributed by atoms with Gasteiger partial charge in [-0.3, -0.25) is 19.3 Å². The highest BCUT2D eigenvalue weighted by Gasteiger charge is 2.75. The van der Waals surface area contributed by atoms with Crippen molar-refractivity contribution in [2.45, 2.75) is 51.7 Å². The Kier molecular flexibility index (Phi) is 3.79. The predicted molar refractivity (Wildman–Crippen MR) is 101 cm³/mol. The number of nitrogens with one attached hydrogen (secondary N) is 1. The number of carbonyl (C=O) groups is 3. The van der Waals surface area contributed by atoms with Gasteiger partial charge in [0.15, 0.2) is 0 Å². The first-order chi connectivity index (χ1) is 12.5. The Morgan fingerprint density at radius 1 is 1.19 bits per heavy atom. The molecule has 4 atom stereocenters. The molecule has 4 rings (SSSR count). The summed E-state index contributed by atoms with van der Waals surface area (Å²) in [5.41, 5.74) is -0.409. The number of rotatable bonds is 1. The summed E-state index contributed by atoms with van der Waals surface area (Å²) >= 11 is 6.23. The Morgan fingerprint density at radius 2 is 1.85 bits per heavy atom. The van der Waals surface area contributed by atoms with Crippen molar-refractivity contribution < 1.29 is 19.7 Å². The topological polar surface area (TPSA) is 83.1 Å². The number of fused-ring (bicyclic) bond motifs is 4. The van der Waals surface area contributed by atoms with E-state index in [2.05, 4.69) is 5.32 Å². The summed E-state index contributed by atoms with van der Waals surface area (Å²) in [6.45, 7) is 9.61. The minimum atomic E-state index is -1.15. The number of anilines is 1. The molecule has 1 aromatic rings. The van der Waals surface area contributed by atoms with Gasteiger partial charge in [-0.2, -0.15) is 0 Å². The highest BCUT2D eigenvalue weighted by Crippen LogP contribution is 2.51. The van der Waals surface area contributed by atoms with Gasteiger partial charge in [-0.15, -0.1) is 0 Å². The summed E-state index contributed by atoms with van der Waals surface area (Å²) in [5.74, 6) is -1.80. The Hall–Kier alpha value is -1.92. The van der Waals surface area contributed by atoms with Crippen molar-refractivity contribution in [2.75, 3.05) is 5.32 Å². The van der Waals surface area contributed by atoms with Crippen LogP contribution >= 0.6 is 11.6 Å². The fraction of sp³-hybridized carbons (Fsp3) is 0.550. The molecule has 1 spiro atoms. The molecule has 0 unspecified atom stereocenters. The molecule has 3 amide bonds. The number of hydrogen-bond acceptors (Lipinski definition) is 3. The second-order valence-corrected chi connectivity index (χ2v) is 9.62. The van der Waals surface area contributed by atoms with Crippen LogP contribution in [0.1, 0.15) is 40.2 Å². The van der Waals surface area contributed by atoms with Crippen molar-refractivity contribution >= 4 is 35.0 Å². The standard InChI is InChI=1S/C20H24ClN3O3/c1-9(2)15-13-14(17(26)24(16(13)25)19(3,4)5)20(23-15)11-8-10(21)6-7-12(11)22-18(20)27/h6-9,13-15,23H,1-5H3,(H,22,27)/p+1/t13-,14-,15+,20+/m0/s1. The van der Waals surface area contributed by atoms with E-state index in [4.69, 9.17) is 11.6 Å². The van der Waals surface area contributed by atoms with Gasteiger partial charge in [-0.25, -0.2) is 0 Å². The molecular formula is C20H25ClN3O3+. The van der Waals surface area contributed by atoms with E-state index in [0.717, 1.165) is 0 Å². The number of nitrogens with zero attached hydrogens (tertiary/aromatic N) is 1. The molecule has 3 N–H and O–H groups in total. The number of imide groups is 1. The third kappa shape index (κ3) is 2.26. The lowest BCUT2D eigenvalue weighted by atomic mass is 9.76. The van der Waals surface area contributed by atoms with Gasteiger partial charge in [0.1, 0.15) is 17.9 Å². The van der Waals surface area contributed by atoms with Crippen LogP contribution < -0.4 is 10.6 Å². The lowest BCUT2D eigenvalue weighted by Gasteiger charge is -2.33. The molecule has 6 nitrogen and oxygen atoms in total. The average Bonchev–Trinajstić information content (AvgIpc) is 3.13. The van der Waals surface area contributed by atoms with Gasteiger partial charge in [-0.1, -0.05) is 25.4 Å². The molecule has 0 saturated carbocycles. The summed E-state index contributed by atoms with van der Waals surface area (Å²) in [7, 11) is 0. The monoisotopic (exact) mass is 390 g/mol. The van der Waals surface area contributed by atoms with E-state index >= 15 is 0 Å². The number of quaternary nitrogens is 1. The second-order valence-electron chi connectivity index (χ2n) is 9.19. The average molecular weight is 391 g/mol. The third-order valence-corrected chi connectivity index (χ3v) is 6.44. The first kappa shape index (κ1) is 18.4. The lowest BCUT2D eigenvalue weighted by molar-refractivity contribution is -0.738. The summed E-state index contributed by atoms with van der Waals surface area (Å²) in [6, 6.07) is 5.07. The van der Waals surface area contributed by atoms with Crippen LogP contribution in [0.3, 0.4) is 0 Å². The smallest absolute Gasteiger partial charge is 0.291 e. The molecule has 3 heterocycles. The van der Waals surface area contributed by atoms with Crippen molar-refractivity contribution in [3.8, 4) is 0 Å². The first-order valence-electron chi connectivity index (χ1n) is 9.35. The fourth-order valence-corrected chi connectivity index (χ4v) is 5.30. The number of benzene rings is 1. The molecule has 1 aromatic carbocycles. The molecule has 2 saturated heterocycles.